The van der Waals surface area contributed by atoms with Gasteiger partial charge in [0, 0.05) is 25.2 Å². The lowest BCUT2D eigenvalue weighted by molar-refractivity contribution is 0.118. The van der Waals surface area contributed by atoms with Gasteiger partial charge in [-0.25, -0.2) is 0 Å². The zero-order chi connectivity index (χ0) is 9.68. The highest BCUT2D eigenvalue weighted by atomic mass is 15.2. The highest BCUT2D eigenvalue weighted by molar-refractivity contribution is 4.82. The molecule has 0 amide bonds. The van der Waals surface area contributed by atoms with Gasteiger partial charge in [0.1, 0.15) is 0 Å². The van der Waals surface area contributed by atoms with E-state index in [9.17, 15) is 0 Å². The average Bonchev–Trinajstić information content (AvgIpc) is 2.01. The topological polar surface area (TPSA) is 15.3 Å². The first-order valence-electron chi connectivity index (χ1n) is 5.29. The van der Waals surface area contributed by atoms with Crippen molar-refractivity contribution in [2.45, 2.75) is 38.3 Å². The molecule has 2 nitrogen and oxygen atoms in total. The quantitative estimate of drug-likeness (QED) is 0.496. The Kier molecular flexibility index (Phi) is 4.46. The van der Waals surface area contributed by atoms with Crippen LogP contribution in [0, 0.1) is 0 Å². The maximum Gasteiger partial charge on any atom is 0.0192 e. The summed E-state index contributed by atoms with van der Waals surface area (Å²) < 4.78 is 0. The predicted octanol–water partition coefficient (Wildman–Crippen LogP) is 1.63. The van der Waals surface area contributed by atoms with Crippen LogP contribution in [-0.2, 0) is 0 Å². The Morgan fingerprint density at radius 2 is 2.31 bits per heavy atom. The largest absolute Gasteiger partial charge is 0.312 e. The van der Waals surface area contributed by atoms with Gasteiger partial charge in [-0.05, 0) is 26.8 Å². The molecule has 0 aromatic heterocycles. The standard InChI is InChI=1S/C11H22N2/c1-4-8-12-9-10(2)13(3)11-6-5-7-11/h4,10-12H,1,5-9H2,2-3H3. The van der Waals surface area contributed by atoms with E-state index in [4.69, 9.17) is 0 Å². The van der Waals surface area contributed by atoms with Crippen molar-refractivity contribution in [1.82, 2.24) is 10.2 Å². The second kappa shape index (κ2) is 5.40. The van der Waals surface area contributed by atoms with Crippen molar-refractivity contribution >= 4 is 0 Å². The molecule has 1 rings (SSSR count). The normalized spacial score (nSPS) is 19.9. The predicted molar refractivity (Wildman–Crippen MR) is 57.9 cm³/mol. The van der Waals surface area contributed by atoms with Gasteiger partial charge < -0.3 is 5.32 Å². The molecule has 2 heteroatoms. The summed E-state index contributed by atoms with van der Waals surface area (Å²) in [7, 11) is 2.24. The second-order valence-electron chi connectivity index (χ2n) is 4.05. The Bertz CT molecular complexity index is 152. The Hall–Kier alpha value is -0.340. The summed E-state index contributed by atoms with van der Waals surface area (Å²) in [5, 5.41) is 3.36. The molecule has 1 aliphatic carbocycles. The first-order chi connectivity index (χ1) is 6.25. The summed E-state index contributed by atoms with van der Waals surface area (Å²) in [6.45, 7) is 7.96. The molecule has 1 unspecified atom stereocenters. The van der Waals surface area contributed by atoms with Crippen LogP contribution < -0.4 is 5.32 Å². The van der Waals surface area contributed by atoms with Gasteiger partial charge in [0.05, 0.1) is 0 Å². The van der Waals surface area contributed by atoms with Crippen molar-refractivity contribution in [1.29, 1.82) is 0 Å². The molecule has 1 fully saturated rings. The molecule has 0 aromatic carbocycles. The van der Waals surface area contributed by atoms with E-state index in [1.165, 1.54) is 19.3 Å². The number of nitrogens with one attached hydrogen (secondary N) is 1. The number of hydrogen-bond donors (Lipinski definition) is 1. The average molecular weight is 182 g/mol. The van der Waals surface area contributed by atoms with Gasteiger partial charge in [0.2, 0.25) is 0 Å². The lowest BCUT2D eigenvalue weighted by Crippen LogP contribution is -2.46. The van der Waals surface area contributed by atoms with Gasteiger partial charge in [0.25, 0.3) is 0 Å². The minimum absolute atomic E-state index is 0.644. The molecule has 0 aromatic rings. The maximum atomic E-state index is 3.69. The molecule has 0 saturated heterocycles. The van der Waals surface area contributed by atoms with Crippen LogP contribution in [0.3, 0.4) is 0 Å². The van der Waals surface area contributed by atoms with E-state index in [0.29, 0.717) is 6.04 Å². The first kappa shape index (κ1) is 10.7. The van der Waals surface area contributed by atoms with Gasteiger partial charge in [0.15, 0.2) is 0 Å². The number of nitrogens with zero attached hydrogens (tertiary/aromatic N) is 1. The van der Waals surface area contributed by atoms with Crippen molar-refractivity contribution in [3.8, 4) is 0 Å². The zero-order valence-electron chi connectivity index (χ0n) is 8.92. The Morgan fingerprint density at radius 1 is 1.62 bits per heavy atom. The van der Waals surface area contributed by atoms with E-state index in [2.05, 4.69) is 30.8 Å². The maximum absolute atomic E-state index is 3.69. The van der Waals surface area contributed by atoms with Crippen LogP contribution in [0.4, 0.5) is 0 Å². The van der Waals surface area contributed by atoms with Crippen LogP contribution in [-0.4, -0.2) is 37.1 Å². The van der Waals surface area contributed by atoms with E-state index >= 15 is 0 Å². The lowest BCUT2D eigenvalue weighted by Gasteiger charge is -2.38. The van der Waals surface area contributed by atoms with Crippen LogP contribution in [0.25, 0.3) is 0 Å². The van der Waals surface area contributed by atoms with E-state index in [1.54, 1.807) is 0 Å². The lowest BCUT2D eigenvalue weighted by atomic mass is 9.91. The molecule has 13 heavy (non-hydrogen) atoms. The summed E-state index contributed by atoms with van der Waals surface area (Å²) in [5.41, 5.74) is 0. The monoisotopic (exact) mass is 182 g/mol. The van der Waals surface area contributed by atoms with Crippen LogP contribution in [0.15, 0.2) is 12.7 Å². The Morgan fingerprint density at radius 3 is 2.77 bits per heavy atom. The molecule has 0 bridgehead atoms. The van der Waals surface area contributed by atoms with Crippen LogP contribution >= 0.6 is 0 Å². The molecular weight excluding hydrogens is 160 g/mol. The molecule has 1 aliphatic rings. The Labute approximate surface area is 82.0 Å². The van der Waals surface area contributed by atoms with E-state index in [-0.39, 0.29) is 0 Å². The van der Waals surface area contributed by atoms with Crippen molar-refractivity contribution in [2.24, 2.45) is 0 Å². The summed E-state index contributed by atoms with van der Waals surface area (Å²) in [5.74, 6) is 0. The SMILES string of the molecule is C=CCNCC(C)N(C)C1CCC1. The molecule has 1 saturated carbocycles. The molecule has 0 heterocycles. The number of rotatable bonds is 6. The zero-order valence-corrected chi connectivity index (χ0v) is 8.92. The summed E-state index contributed by atoms with van der Waals surface area (Å²) in [6.07, 6.45) is 6.11. The summed E-state index contributed by atoms with van der Waals surface area (Å²) >= 11 is 0. The molecule has 0 spiro atoms. The third-order valence-electron chi connectivity index (χ3n) is 3.07. The van der Waals surface area contributed by atoms with Crippen LogP contribution in [0.2, 0.25) is 0 Å². The minimum atomic E-state index is 0.644. The van der Waals surface area contributed by atoms with Crippen molar-refractivity contribution in [3.05, 3.63) is 12.7 Å². The fourth-order valence-corrected chi connectivity index (χ4v) is 1.69. The van der Waals surface area contributed by atoms with Gasteiger partial charge in [-0.3, -0.25) is 4.90 Å². The van der Waals surface area contributed by atoms with Crippen LogP contribution in [0.5, 0.6) is 0 Å². The van der Waals surface area contributed by atoms with E-state index in [1.807, 2.05) is 6.08 Å². The summed E-state index contributed by atoms with van der Waals surface area (Å²) in [4.78, 5) is 2.50. The molecule has 76 valence electrons. The minimum Gasteiger partial charge on any atom is -0.312 e. The summed E-state index contributed by atoms with van der Waals surface area (Å²) in [6, 6.07) is 1.49. The fraction of sp³-hybridized carbons (Fsp3) is 0.818. The van der Waals surface area contributed by atoms with Gasteiger partial charge >= 0.3 is 0 Å². The van der Waals surface area contributed by atoms with E-state index in [0.717, 1.165) is 19.1 Å². The highest BCUT2D eigenvalue weighted by Crippen LogP contribution is 2.24. The number of likely N-dealkylation sites (N-methyl/N-ethyl adjacent to an activating group) is 1. The molecule has 0 aliphatic heterocycles. The molecule has 1 atom stereocenters. The van der Waals surface area contributed by atoms with Crippen molar-refractivity contribution in [3.63, 3.8) is 0 Å². The van der Waals surface area contributed by atoms with Gasteiger partial charge in [-0.15, -0.1) is 6.58 Å². The molecular formula is C11H22N2. The highest BCUT2D eigenvalue weighted by Gasteiger charge is 2.24. The van der Waals surface area contributed by atoms with Gasteiger partial charge in [-0.1, -0.05) is 12.5 Å². The third-order valence-corrected chi connectivity index (χ3v) is 3.07. The van der Waals surface area contributed by atoms with Gasteiger partial charge in [-0.2, -0.15) is 0 Å². The van der Waals surface area contributed by atoms with Crippen LogP contribution in [0.1, 0.15) is 26.2 Å². The van der Waals surface area contributed by atoms with Crippen molar-refractivity contribution < 1.29 is 0 Å². The van der Waals surface area contributed by atoms with Crippen molar-refractivity contribution in [2.75, 3.05) is 20.1 Å². The first-order valence-corrected chi connectivity index (χ1v) is 5.29. The smallest absolute Gasteiger partial charge is 0.0192 e. The van der Waals surface area contributed by atoms with E-state index < -0.39 is 0 Å². The second-order valence-corrected chi connectivity index (χ2v) is 4.05. The Balaban J connectivity index is 2.13. The fourth-order valence-electron chi connectivity index (χ4n) is 1.69. The third kappa shape index (κ3) is 3.12. The molecule has 0 radical (unpaired) electrons. The molecule has 1 N–H and O–H groups in total. The number of hydrogen-bond acceptors (Lipinski definition) is 2.